The number of rotatable bonds is 4. The number of benzene rings is 1. The summed E-state index contributed by atoms with van der Waals surface area (Å²) in [5, 5.41) is 9.72. The van der Waals surface area contributed by atoms with Gasteiger partial charge >= 0.3 is 0 Å². The predicted octanol–water partition coefficient (Wildman–Crippen LogP) is 2.44. The van der Waals surface area contributed by atoms with Crippen LogP contribution in [0.15, 0.2) is 27.6 Å². The zero-order valence-electron chi connectivity index (χ0n) is 12.3. The molecule has 0 radical (unpaired) electrons. The summed E-state index contributed by atoms with van der Waals surface area (Å²) in [6.45, 7) is 3.59. The van der Waals surface area contributed by atoms with Gasteiger partial charge in [0.2, 0.25) is 5.91 Å². The molecular weight excluding hydrogens is 402 g/mol. The molecule has 0 saturated heterocycles. The maximum Gasteiger partial charge on any atom is 0.264 e. The van der Waals surface area contributed by atoms with Gasteiger partial charge in [-0.15, -0.1) is 11.3 Å². The minimum Gasteiger partial charge on any atom is -0.274 e. The summed E-state index contributed by atoms with van der Waals surface area (Å²) in [6.07, 6.45) is -0.0598. The minimum absolute atomic E-state index is 0.0598. The van der Waals surface area contributed by atoms with Crippen LogP contribution in [0.2, 0.25) is 0 Å². The van der Waals surface area contributed by atoms with Crippen molar-refractivity contribution in [3.63, 3.8) is 0 Å². The Hall–Kier alpha value is -1.76. The normalized spacial score (nSPS) is 11.0. The second kappa shape index (κ2) is 6.78. The van der Waals surface area contributed by atoms with Gasteiger partial charge in [-0.05, 0) is 32.0 Å². The highest BCUT2D eigenvalue weighted by Crippen LogP contribution is 2.20. The summed E-state index contributed by atoms with van der Waals surface area (Å²) in [6, 6.07) is 5.90. The fourth-order valence-corrected chi connectivity index (χ4v) is 4.55. The lowest BCUT2D eigenvalue weighted by Crippen LogP contribution is -2.31. The molecule has 1 heterocycles. The van der Waals surface area contributed by atoms with Gasteiger partial charge in [-0.3, -0.25) is 4.79 Å². The van der Waals surface area contributed by atoms with E-state index in [2.05, 4.69) is 20.9 Å². The van der Waals surface area contributed by atoms with Crippen molar-refractivity contribution in [1.29, 1.82) is 5.26 Å². The molecule has 23 heavy (non-hydrogen) atoms. The van der Waals surface area contributed by atoms with Gasteiger partial charge in [0, 0.05) is 9.35 Å². The molecule has 6 nitrogen and oxygen atoms in total. The number of halogens is 1. The monoisotopic (exact) mass is 413 g/mol. The summed E-state index contributed by atoms with van der Waals surface area (Å²) in [5.74, 6) is -0.643. The van der Waals surface area contributed by atoms with E-state index in [1.807, 2.05) is 17.7 Å². The topological polar surface area (TPSA) is 99.9 Å². The molecule has 1 aromatic heterocycles. The van der Waals surface area contributed by atoms with Gasteiger partial charge in [0.15, 0.2) is 0 Å². The maximum absolute atomic E-state index is 12.3. The first-order valence-electron chi connectivity index (χ1n) is 6.40. The van der Waals surface area contributed by atoms with E-state index in [0.717, 1.165) is 9.88 Å². The van der Waals surface area contributed by atoms with Crippen LogP contribution in [0.25, 0.3) is 0 Å². The number of carbonyl (C=O) groups excluding carboxylic acids is 1. The van der Waals surface area contributed by atoms with Crippen LogP contribution < -0.4 is 4.72 Å². The molecular formula is C14H12BrN3O3S2. The average Bonchev–Trinajstić information content (AvgIpc) is 2.75. The summed E-state index contributed by atoms with van der Waals surface area (Å²) >= 11 is 4.50. The molecule has 0 atom stereocenters. The largest absolute Gasteiger partial charge is 0.274 e. The van der Waals surface area contributed by atoms with E-state index in [1.54, 1.807) is 6.92 Å². The molecule has 120 valence electrons. The number of hydrogen-bond acceptors (Lipinski definition) is 6. The number of aryl methyl sites for hydroxylation is 2. The first-order valence-corrected chi connectivity index (χ1v) is 9.50. The smallest absolute Gasteiger partial charge is 0.264 e. The highest BCUT2D eigenvalue weighted by molar-refractivity contribution is 9.10. The third-order valence-corrected chi connectivity index (χ3v) is 5.76. The van der Waals surface area contributed by atoms with Gasteiger partial charge in [0.25, 0.3) is 10.0 Å². The van der Waals surface area contributed by atoms with Crippen molar-refractivity contribution in [1.82, 2.24) is 9.71 Å². The molecule has 0 bridgehead atoms. The Morgan fingerprint density at radius 3 is 2.65 bits per heavy atom. The van der Waals surface area contributed by atoms with Crippen LogP contribution in [0, 0.1) is 25.2 Å². The van der Waals surface area contributed by atoms with Gasteiger partial charge < -0.3 is 0 Å². The fraction of sp³-hybridized carbons (Fsp3) is 0.214. The van der Waals surface area contributed by atoms with Gasteiger partial charge in [-0.1, -0.05) is 15.9 Å². The van der Waals surface area contributed by atoms with E-state index < -0.39 is 15.9 Å². The molecule has 2 aromatic rings. The van der Waals surface area contributed by atoms with Crippen LogP contribution in [0.5, 0.6) is 0 Å². The first kappa shape index (κ1) is 17.6. The lowest BCUT2D eigenvalue weighted by molar-refractivity contribution is -0.118. The molecule has 0 fully saturated rings. The molecule has 0 spiro atoms. The second-order valence-corrected chi connectivity index (χ2v) is 8.62. The van der Waals surface area contributed by atoms with Crippen molar-refractivity contribution in [2.75, 3.05) is 0 Å². The fourth-order valence-electron chi connectivity index (χ4n) is 1.91. The summed E-state index contributed by atoms with van der Waals surface area (Å²) in [7, 11) is -4.04. The number of aromatic nitrogens is 1. The number of thiazole rings is 1. The van der Waals surface area contributed by atoms with E-state index in [-0.39, 0.29) is 16.9 Å². The van der Waals surface area contributed by atoms with Crippen molar-refractivity contribution in [3.05, 3.63) is 43.8 Å². The van der Waals surface area contributed by atoms with Crippen molar-refractivity contribution in [2.45, 2.75) is 25.2 Å². The Balaban J connectivity index is 2.21. The van der Waals surface area contributed by atoms with Crippen molar-refractivity contribution < 1.29 is 13.2 Å². The van der Waals surface area contributed by atoms with Crippen LogP contribution in [-0.4, -0.2) is 19.3 Å². The highest BCUT2D eigenvalue weighted by Gasteiger charge is 2.20. The Morgan fingerprint density at radius 1 is 1.39 bits per heavy atom. The third kappa shape index (κ3) is 4.37. The number of hydrogen-bond donors (Lipinski definition) is 1. The molecule has 1 amide bonds. The summed E-state index contributed by atoms with van der Waals surface area (Å²) in [5.41, 5.74) is 0.899. The molecule has 1 aromatic carbocycles. The quantitative estimate of drug-likeness (QED) is 0.829. The number of carbonyl (C=O) groups is 1. The van der Waals surface area contributed by atoms with E-state index in [4.69, 9.17) is 5.26 Å². The van der Waals surface area contributed by atoms with E-state index >= 15 is 0 Å². The molecule has 0 saturated carbocycles. The van der Waals surface area contributed by atoms with Crippen LogP contribution in [-0.2, 0) is 21.2 Å². The summed E-state index contributed by atoms with van der Waals surface area (Å²) in [4.78, 5) is 16.8. The molecule has 0 unspecified atom stereocenters. The van der Waals surface area contributed by atoms with Crippen LogP contribution in [0.4, 0.5) is 0 Å². The first-order chi connectivity index (χ1) is 10.7. The third-order valence-electron chi connectivity index (χ3n) is 2.88. The van der Waals surface area contributed by atoms with Gasteiger partial charge in [0.05, 0.1) is 33.7 Å². The van der Waals surface area contributed by atoms with Crippen LogP contribution in [0.3, 0.4) is 0 Å². The lowest BCUT2D eigenvalue weighted by Gasteiger charge is -2.07. The predicted molar refractivity (Wildman–Crippen MR) is 89.5 cm³/mol. The number of nitrogens with zero attached hydrogens (tertiary/aromatic N) is 2. The van der Waals surface area contributed by atoms with Gasteiger partial charge in [-0.2, -0.15) is 5.26 Å². The van der Waals surface area contributed by atoms with E-state index in [0.29, 0.717) is 10.2 Å². The lowest BCUT2D eigenvalue weighted by atomic mass is 10.2. The standard InChI is InChI=1S/C14H12BrN3O3S2/c1-8-13(22-9(2)17-8)6-14(19)18-23(20,21)12-4-10(7-16)3-11(15)5-12/h3-5H,6H2,1-2H3,(H,18,19). The molecule has 0 aliphatic carbocycles. The van der Waals surface area contributed by atoms with Gasteiger partial charge in [-0.25, -0.2) is 18.1 Å². The number of amides is 1. The van der Waals surface area contributed by atoms with Gasteiger partial charge in [0.1, 0.15) is 0 Å². The van der Waals surface area contributed by atoms with Crippen LogP contribution >= 0.6 is 27.3 Å². The molecule has 0 aliphatic rings. The molecule has 9 heteroatoms. The van der Waals surface area contributed by atoms with E-state index in [1.165, 1.54) is 29.5 Å². The van der Waals surface area contributed by atoms with E-state index in [9.17, 15) is 13.2 Å². The summed E-state index contributed by atoms with van der Waals surface area (Å²) < 4.78 is 27.0. The molecule has 1 N–H and O–H groups in total. The minimum atomic E-state index is -4.04. The van der Waals surface area contributed by atoms with Crippen molar-refractivity contribution in [2.24, 2.45) is 0 Å². The van der Waals surface area contributed by atoms with Crippen molar-refractivity contribution >= 4 is 43.2 Å². The number of sulfonamides is 1. The zero-order chi connectivity index (χ0) is 17.2. The number of nitriles is 1. The zero-order valence-corrected chi connectivity index (χ0v) is 15.5. The Bertz CT molecular complexity index is 914. The Labute approximate surface area is 146 Å². The van der Waals surface area contributed by atoms with Crippen molar-refractivity contribution in [3.8, 4) is 6.07 Å². The van der Waals surface area contributed by atoms with Crippen LogP contribution in [0.1, 0.15) is 21.1 Å². The average molecular weight is 414 g/mol. The Kier molecular flexibility index (Phi) is 5.19. The SMILES string of the molecule is Cc1nc(C)c(CC(=O)NS(=O)(=O)c2cc(Br)cc(C#N)c2)s1. The molecule has 2 rings (SSSR count). The molecule has 0 aliphatic heterocycles. The second-order valence-electron chi connectivity index (χ2n) is 4.73. The number of nitrogens with one attached hydrogen (secondary N) is 1. The highest BCUT2D eigenvalue weighted by atomic mass is 79.9. The Morgan fingerprint density at radius 2 is 2.09 bits per heavy atom. The maximum atomic E-state index is 12.3.